The Kier molecular flexibility index (Phi) is 5.25. The van der Waals surface area contributed by atoms with Crippen molar-refractivity contribution in [1.82, 2.24) is 9.55 Å². The lowest BCUT2D eigenvalue weighted by atomic mass is 10.1. The fraction of sp³-hybridized carbons (Fsp3) is 0.158. The van der Waals surface area contributed by atoms with Gasteiger partial charge in [0.25, 0.3) is 0 Å². The van der Waals surface area contributed by atoms with Crippen LogP contribution in [0.2, 0.25) is 0 Å². The SMILES string of the molecule is O=C(O[C@H](Cn1ccnc1)c1ccc(F)cc1)c1cccc(C(F)(F)F)c1. The van der Waals surface area contributed by atoms with Crippen molar-refractivity contribution < 1.29 is 27.1 Å². The van der Waals surface area contributed by atoms with Crippen molar-refractivity contribution in [2.75, 3.05) is 0 Å². The third kappa shape index (κ3) is 4.72. The number of carbonyl (C=O) groups excluding carboxylic acids is 1. The molecule has 3 aromatic rings. The molecule has 0 aliphatic rings. The summed E-state index contributed by atoms with van der Waals surface area (Å²) in [5.41, 5.74) is -0.655. The lowest BCUT2D eigenvalue weighted by molar-refractivity contribution is -0.137. The minimum Gasteiger partial charge on any atom is -0.452 e. The lowest BCUT2D eigenvalue weighted by Crippen LogP contribution is -2.17. The van der Waals surface area contributed by atoms with Crippen LogP contribution in [0.25, 0.3) is 0 Å². The number of imidazole rings is 1. The highest BCUT2D eigenvalue weighted by atomic mass is 19.4. The van der Waals surface area contributed by atoms with Crippen molar-refractivity contribution in [3.8, 4) is 0 Å². The topological polar surface area (TPSA) is 44.1 Å². The van der Waals surface area contributed by atoms with E-state index in [4.69, 9.17) is 4.74 Å². The predicted molar refractivity (Wildman–Crippen MR) is 88.2 cm³/mol. The van der Waals surface area contributed by atoms with E-state index in [1.54, 1.807) is 10.8 Å². The maximum atomic E-state index is 13.2. The molecule has 1 aromatic heterocycles. The second-order valence-corrected chi connectivity index (χ2v) is 5.78. The van der Waals surface area contributed by atoms with E-state index in [0.717, 1.165) is 18.2 Å². The maximum absolute atomic E-state index is 13.2. The average Bonchev–Trinajstić information content (AvgIpc) is 3.14. The van der Waals surface area contributed by atoms with Crippen molar-refractivity contribution in [2.45, 2.75) is 18.8 Å². The molecule has 140 valence electrons. The highest BCUT2D eigenvalue weighted by Crippen LogP contribution is 2.30. The van der Waals surface area contributed by atoms with E-state index in [1.165, 1.54) is 42.9 Å². The van der Waals surface area contributed by atoms with Crippen molar-refractivity contribution in [2.24, 2.45) is 0 Å². The molecule has 0 saturated carbocycles. The van der Waals surface area contributed by atoms with Crippen molar-refractivity contribution in [3.05, 3.63) is 89.8 Å². The summed E-state index contributed by atoms with van der Waals surface area (Å²) in [6.07, 6.45) is -0.704. The number of aromatic nitrogens is 2. The first-order chi connectivity index (χ1) is 12.8. The number of esters is 1. The molecule has 0 spiro atoms. The number of ether oxygens (including phenoxy) is 1. The van der Waals surface area contributed by atoms with Crippen LogP contribution in [-0.2, 0) is 17.5 Å². The third-order valence-corrected chi connectivity index (χ3v) is 3.85. The lowest BCUT2D eigenvalue weighted by Gasteiger charge is -2.19. The zero-order valence-corrected chi connectivity index (χ0v) is 13.9. The summed E-state index contributed by atoms with van der Waals surface area (Å²) in [4.78, 5) is 16.3. The van der Waals surface area contributed by atoms with E-state index in [0.29, 0.717) is 5.56 Å². The van der Waals surface area contributed by atoms with Gasteiger partial charge in [0.15, 0.2) is 0 Å². The number of carbonyl (C=O) groups is 1. The van der Waals surface area contributed by atoms with E-state index in [9.17, 15) is 22.4 Å². The predicted octanol–water partition coefficient (Wildman–Crippen LogP) is 4.64. The molecule has 0 aliphatic carbocycles. The standard InChI is InChI=1S/C19H14F4N2O2/c20-16-6-4-13(5-7-16)17(11-25-9-8-24-12-25)27-18(26)14-2-1-3-15(10-14)19(21,22)23/h1-10,12,17H,11H2/t17-/m1/s1. The van der Waals surface area contributed by atoms with Crippen LogP contribution in [0, 0.1) is 5.82 Å². The maximum Gasteiger partial charge on any atom is 0.416 e. The summed E-state index contributed by atoms with van der Waals surface area (Å²) in [6.45, 7) is 0.177. The summed E-state index contributed by atoms with van der Waals surface area (Å²) >= 11 is 0. The molecule has 0 unspecified atom stereocenters. The Labute approximate surface area is 152 Å². The van der Waals surface area contributed by atoms with Gasteiger partial charge in [-0.15, -0.1) is 0 Å². The molecule has 27 heavy (non-hydrogen) atoms. The zero-order valence-electron chi connectivity index (χ0n) is 13.9. The molecule has 0 amide bonds. The summed E-state index contributed by atoms with van der Waals surface area (Å²) < 4.78 is 58.8. The van der Waals surface area contributed by atoms with Gasteiger partial charge >= 0.3 is 12.1 Å². The van der Waals surface area contributed by atoms with Gasteiger partial charge in [0, 0.05) is 12.4 Å². The van der Waals surface area contributed by atoms with E-state index in [2.05, 4.69) is 4.98 Å². The second-order valence-electron chi connectivity index (χ2n) is 5.78. The van der Waals surface area contributed by atoms with Gasteiger partial charge in [-0.1, -0.05) is 18.2 Å². The molecule has 1 atom stereocenters. The molecule has 2 aromatic carbocycles. The Morgan fingerprint density at radius 3 is 2.52 bits per heavy atom. The molecule has 3 rings (SSSR count). The number of halogens is 4. The minimum atomic E-state index is -4.57. The Morgan fingerprint density at radius 1 is 1.15 bits per heavy atom. The Balaban J connectivity index is 1.85. The van der Waals surface area contributed by atoms with Crippen LogP contribution in [-0.4, -0.2) is 15.5 Å². The summed E-state index contributed by atoms with van der Waals surface area (Å²) in [6, 6.07) is 9.34. The van der Waals surface area contributed by atoms with Crippen molar-refractivity contribution in [1.29, 1.82) is 0 Å². The summed E-state index contributed by atoms with van der Waals surface area (Å²) in [5.74, 6) is -1.36. The van der Waals surface area contributed by atoms with Crippen LogP contribution in [0.4, 0.5) is 17.6 Å². The monoisotopic (exact) mass is 378 g/mol. The van der Waals surface area contributed by atoms with Gasteiger partial charge in [0.1, 0.15) is 11.9 Å². The second kappa shape index (κ2) is 7.61. The molecule has 4 nitrogen and oxygen atoms in total. The highest BCUT2D eigenvalue weighted by Gasteiger charge is 2.31. The van der Waals surface area contributed by atoms with E-state index in [1.807, 2.05) is 0 Å². The largest absolute Gasteiger partial charge is 0.452 e. The molecule has 0 aliphatic heterocycles. The number of alkyl halides is 3. The molecular weight excluding hydrogens is 364 g/mol. The number of benzene rings is 2. The summed E-state index contributed by atoms with van der Waals surface area (Å²) in [7, 11) is 0. The smallest absolute Gasteiger partial charge is 0.416 e. The molecule has 8 heteroatoms. The van der Waals surface area contributed by atoms with Crippen LogP contribution >= 0.6 is 0 Å². The molecular formula is C19H14F4N2O2. The molecule has 0 bridgehead atoms. The van der Waals surface area contributed by atoms with Gasteiger partial charge in [-0.3, -0.25) is 0 Å². The van der Waals surface area contributed by atoms with Crippen LogP contribution in [0.1, 0.15) is 27.6 Å². The average molecular weight is 378 g/mol. The van der Waals surface area contributed by atoms with Gasteiger partial charge in [-0.25, -0.2) is 14.2 Å². The van der Waals surface area contributed by atoms with Gasteiger partial charge in [0.05, 0.1) is 24.0 Å². The van der Waals surface area contributed by atoms with Crippen molar-refractivity contribution >= 4 is 5.97 Å². The fourth-order valence-electron chi connectivity index (χ4n) is 2.49. The quantitative estimate of drug-likeness (QED) is 0.480. The summed E-state index contributed by atoms with van der Waals surface area (Å²) in [5, 5.41) is 0. The minimum absolute atomic E-state index is 0.177. The number of nitrogens with zero attached hydrogens (tertiary/aromatic N) is 2. The number of hydrogen-bond acceptors (Lipinski definition) is 3. The van der Waals surface area contributed by atoms with Gasteiger partial charge in [0.2, 0.25) is 0 Å². The number of rotatable bonds is 5. The van der Waals surface area contributed by atoms with Gasteiger partial charge in [-0.05, 0) is 35.9 Å². The van der Waals surface area contributed by atoms with E-state index in [-0.39, 0.29) is 12.1 Å². The molecule has 0 N–H and O–H groups in total. The van der Waals surface area contributed by atoms with Crippen LogP contribution in [0.3, 0.4) is 0 Å². The van der Waals surface area contributed by atoms with Gasteiger partial charge < -0.3 is 9.30 Å². The van der Waals surface area contributed by atoms with Crippen LogP contribution in [0.15, 0.2) is 67.3 Å². The first-order valence-electron chi connectivity index (χ1n) is 7.92. The fourth-order valence-corrected chi connectivity index (χ4v) is 2.49. The highest BCUT2D eigenvalue weighted by molar-refractivity contribution is 5.89. The third-order valence-electron chi connectivity index (χ3n) is 3.85. The Morgan fingerprint density at radius 2 is 1.89 bits per heavy atom. The van der Waals surface area contributed by atoms with E-state index >= 15 is 0 Å². The van der Waals surface area contributed by atoms with Crippen LogP contribution in [0.5, 0.6) is 0 Å². The number of hydrogen-bond donors (Lipinski definition) is 0. The molecule has 1 heterocycles. The van der Waals surface area contributed by atoms with Crippen LogP contribution < -0.4 is 0 Å². The van der Waals surface area contributed by atoms with Crippen molar-refractivity contribution in [3.63, 3.8) is 0 Å². The van der Waals surface area contributed by atoms with Gasteiger partial charge in [-0.2, -0.15) is 13.2 Å². The molecule has 0 radical (unpaired) electrons. The first kappa shape index (κ1) is 18.6. The normalized spacial score (nSPS) is 12.6. The molecule has 0 fully saturated rings. The molecule has 0 saturated heterocycles. The first-order valence-corrected chi connectivity index (χ1v) is 7.92. The Bertz CT molecular complexity index is 906. The van der Waals surface area contributed by atoms with E-state index < -0.39 is 29.6 Å². The zero-order chi connectivity index (χ0) is 19.4. The Hall–Kier alpha value is -3.16.